The van der Waals surface area contributed by atoms with Crippen molar-refractivity contribution < 1.29 is 24.3 Å². The highest BCUT2D eigenvalue weighted by atomic mass is 35.5. The summed E-state index contributed by atoms with van der Waals surface area (Å²) < 4.78 is 11.1. The van der Waals surface area contributed by atoms with E-state index in [2.05, 4.69) is 5.32 Å². The van der Waals surface area contributed by atoms with Gasteiger partial charge in [0.05, 0.1) is 31.5 Å². The van der Waals surface area contributed by atoms with Gasteiger partial charge in [0.1, 0.15) is 35.8 Å². The summed E-state index contributed by atoms with van der Waals surface area (Å²) in [6.45, 7) is 1.98. The number of amides is 1. The molecule has 0 spiro atoms. The van der Waals surface area contributed by atoms with Gasteiger partial charge in [-0.3, -0.25) is 25.5 Å². The smallest absolute Gasteiger partial charge is 0.488 e. The lowest BCUT2D eigenvalue weighted by Crippen LogP contribution is -2.42. The number of carbonyl (C=O) groups excluding carboxylic acids is 1. The van der Waals surface area contributed by atoms with E-state index in [0.29, 0.717) is 38.9 Å². The lowest BCUT2D eigenvalue weighted by Gasteiger charge is -2.26. The zero-order valence-corrected chi connectivity index (χ0v) is 22.8. The topological polar surface area (TPSA) is 151 Å². The van der Waals surface area contributed by atoms with E-state index in [0.717, 1.165) is 5.56 Å². The molecule has 4 rings (SSSR count). The Labute approximate surface area is 237 Å². The summed E-state index contributed by atoms with van der Waals surface area (Å²) in [4.78, 5) is 19.3. The number of nitrogens with zero attached hydrogens (tertiary/aromatic N) is 2. The molecule has 206 valence electrons. The summed E-state index contributed by atoms with van der Waals surface area (Å²) in [7, 11) is 0.00559. The van der Waals surface area contributed by atoms with E-state index >= 15 is 0 Å². The van der Waals surface area contributed by atoms with Crippen LogP contribution in [-0.2, 0) is 4.79 Å². The first-order valence-corrected chi connectivity index (χ1v) is 12.9. The summed E-state index contributed by atoms with van der Waals surface area (Å²) in [5.41, 5.74) is 2.89. The fraction of sp³-hybridized carbons (Fsp3) is 0.214. The average molecular weight is 562 g/mol. The zero-order chi connectivity index (χ0) is 28.8. The summed E-state index contributed by atoms with van der Waals surface area (Å²) in [6, 6.07) is 17.9. The van der Waals surface area contributed by atoms with E-state index in [9.17, 15) is 14.8 Å². The van der Waals surface area contributed by atoms with Crippen LogP contribution in [0.4, 0.5) is 5.69 Å². The molecule has 0 saturated heterocycles. The number of benzodiazepines with no additional fused rings is 1. The van der Waals surface area contributed by atoms with Crippen LogP contribution in [0.2, 0.25) is 5.02 Å². The summed E-state index contributed by atoms with van der Waals surface area (Å²) in [6.07, 6.45) is -0.117. The van der Waals surface area contributed by atoms with E-state index in [-0.39, 0.29) is 37.2 Å². The van der Waals surface area contributed by atoms with Crippen LogP contribution in [0.3, 0.4) is 0 Å². The van der Waals surface area contributed by atoms with Crippen LogP contribution in [-0.4, -0.2) is 66.8 Å². The van der Waals surface area contributed by atoms with Gasteiger partial charge in [0.25, 0.3) is 0 Å². The molecule has 0 aromatic heterocycles. The number of halogens is 1. The molecule has 0 radical (unpaired) electrons. The van der Waals surface area contributed by atoms with Crippen molar-refractivity contribution in [3.63, 3.8) is 0 Å². The number of fused-ring (bicyclic) bond motifs is 1. The molecule has 3 aromatic carbocycles. The zero-order valence-electron chi connectivity index (χ0n) is 22.0. The standard InChI is InChI=1S/C28H29BClN5O5/c1-17(31)35-25-12-11-22(39-2)15-23(25)27(18-3-7-20(30)8-4-18)34-24(28(35)32)16-26(36)33-13-14-40-21-9-5-19(6-10-21)29(37)38/h3-12,15,24,31-32,37-38H,13-14,16H2,1-2H3,(H,33,36)/t24-/m0/s1. The van der Waals surface area contributed by atoms with Crippen molar-refractivity contribution in [3.05, 3.63) is 82.9 Å². The fourth-order valence-electron chi connectivity index (χ4n) is 4.28. The number of methoxy groups -OCH3 is 1. The molecule has 0 saturated carbocycles. The Morgan fingerprint density at radius 3 is 2.40 bits per heavy atom. The molecule has 5 N–H and O–H groups in total. The van der Waals surface area contributed by atoms with Crippen molar-refractivity contribution in [2.45, 2.75) is 19.4 Å². The van der Waals surface area contributed by atoms with Crippen molar-refractivity contribution in [2.24, 2.45) is 4.99 Å². The van der Waals surface area contributed by atoms with Gasteiger partial charge in [0.15, 0.2) is 0 Å². The van der Waals surface area contributed by atoms with Gasteiger partial charge in [-0.05, 0) is 54.9 Å². The lowest BCUT2D eigenvalue weighted by atomic mass is 9.80. The van der Waals surface area contributed by atoms with Crippen molar-refractivity contribution in [1.82, 2.24) is 5.32 Å². The Morgan fingerprint density at radius 2 is 1.77 bits per heavy atom. The number of amidine groups is 2. The number of hydrogen-bond donors (Lipinski definition) is 5. The molecular weight excluding hydrogens is 533 g/mol. The van der Waals surface area contributed by atoms with Crippen LogP contribution in [0.15, 0.2) is 71.7 Å². The number of anilines is 1. The number of carbonyl (C=O) groups is 1. The Balaban J connectivity index is 1.54. The molecular formula is C28H29BClN5O5. The van der Waals surface area contributed by atoms with Gasteiger partial charge >= 0.3 is 7.12 Å². The number of nitrogens with one attached hydrogen (secondary N) is 3. The SMILES string of the molecule is COc1ccc2c(c1)C(c1ccc(Cl)cc1)=N[C@@H](CC(=O)NCCOc1ccc(B(O)O)cc1)C(=N)N2C(C)=N. The largest absolute Gasteiger partial charge is 0.497 e. The van der Waals surface area contributed by atoms with Crippen molar-refractivity contribution in [2.75, 3.05) is 25.2 Å². The second-order valence-corrected chi connectivity index (χ2v) is 9.47. The molecule has 1 amide bonds. The quantitative estimate of drug-likeness (QED) is 0.117. The van der Waals surface area contributed by atoms with Crippen molar-refractivity contribution in [3.8, 4) is 11.5 Å². The average Bonchev–Trinajstić information content (AvgIpc) is 3.05. The van der Waals surface area contributed by atoms with Gasteiger partial charge < -0.3 is 24.8 Å². The molecule has 10 nitrogen and oxygen atoms in total. The second-order valence-electron chi connectivity index (χ2n) is 9.03. The van der Waals surface area contributed by atoms with Crippen LogP contribution in [0.5, 0.6) is 11.5 Å². The van der Waals surface area contributed by atoms with E-state index in [1.54, 1.807) is 56.5 Å². The Kier molecular flexibility index (Phi) is 9.20. The predicted molar refractivity (Wildman–Crippen MR) is 157 cm³/mol. The van der Waals surface area contributed by atoms with Gasteiger partial charge in [-0.2, -0.15) is 0 Å². The number of ether oxygens (including phenoxy) is 2. The minimum absolute atomic E-state index is 0.000408. The Bertz CT molecular complexity index is 1430. The molecule has 0 aliphatic carbocycles. The first kappa shape index (κ1) is 28.8. The summed E-state index contributed by atoms with van der Waals surface area (Å²) >= 11 is 6.12. The molecule has 40 heavy (non-hydrogen) atoms. The molecule has 1 atom stereocenters. The van der Waals surface area contributed by atoms with Crippen LogP contribution in [0.25, 0.3) is 0 Å². The van der Waals surface area contributed by atoms with Crippen LogP contribution < -0.4 is 25.2 Å². The highest BCUT2D eigenvalue weighted by Crippen LogP contribution is 2.33. The Hall–Kier alpha value is -4.19. The molecule has 1 heterocycles. The van der Waals surface area contributed by atoms with Gasteiger partial charge in [-0.25, -0.2) is 0 Å². The first-order chi connectivity index (χ1) is 19.2. The molecule has 1 aliphatic rings. The van der Waals surface area contributed by atoms with Gasteiger partial charge in [0.2, 0.25) is 5.91 Å². The molecule has 1 aliphatic heterocycles. The normalized spacial score (nSPS) is 14.5. The molecule has 3 aromatic rings. The van der Waals surface area contributed by atoms with Gasteiger partial charge in [-0.1, -0.05) is 35.9 Å². The lowest BCUT2D eigenvalue weighted by molar-refractivity contribution is -0.121. The van der Waals surface area contributed by atoms with E-state index < -0.39 is 13.2 Å². The van der Waals surface area contributed by atoms with Crippen LogP contribution >= 0.6 is 11.6 Å². The summed E-state index contributed by atoms with van der Waals surface area (Å²) in [5, 5.41) is 39.1. The molecule has 0 bridgehead atoms. The van der Waals surface area contributed by atoms with E-state index in [1.165, 1.54) is 17.0 Å². The number of hydrogen-bond acceptors (Lipinski definition) is 8. The number of aliphatic imine (C=N–C) groups is 1. The molecule has 0 fully saturated rings. The first-order valence-electron chi connectivity index (χ1n) is 12.5. The maximum absolute atomic E-state index is 12.9. The maximum Gasteiger partial charge on any atom is 0.488 e. The minimum atomic E-state index is -1.55. The highest BCUT2D eigenvalue weighted by Gasteiger charge is 2.32. The minimum Gasteiger partial charge on any atom is -0.497 e. The third-order valence-corrected chi connectivity index (χ3v) is 6.50. The number of benzene rings is 3. The van der Waals surface area contributed by atoms with E-state index in [1.807, 2.05) is 12.1 Å². The van der Waals surface area contributed by atoms with E-state index in [4.69, 9.17) is 36.9 Å². The van der Waals surface area contributed by atoms with Crippen LogP contribution in [0.1, 0.15) is 24.5 Å². The monoisotopic (exact) mass is 561 g/mol. The Morgan fingerprint density at radius 1 is 1.10 bits per heavy atom. The van der Waals surface area contributed by atoms with Crippen molar-refractivity contribution >= 4 is 53.2 Å². The summed E-state index contributed by atoms with van der Waals surface area (Å²) in [5.74, 6) is 0.893. The second kappa shape index (κ2) is 12.8. The highest BCUT2D eigenvalue weighted by molar-refractivity contribution is 6.58. The third-order valence-electron chi connectivity index (χ3n) is 6.24. The van der Waals surface area contributed by atoms with Crippen molar-refractivity contribution in [1.29, 1.82) is 10.8 Å². The predicted octanol–water partition coefficient (Wildman–Crippen LogP) is 2.61. The van der Waals surface area contributed by atoms with Gasteiger partial charge in [-0.15, -0.1) is 0 Å². The molecule has 0 unspecified atom stereocenters. The fourth-order valence-corrected chi connectivity index (χ4v) is 4.40. The third kappa shape index (κ3) is 6.68. The van der Waals surface area contributed by atoms with Crippen LogP contribution in [0, 0.1) is 10.8 Å². The maximum atomic E-state index is 12.9. The van der Waals surface area contributed by atoms with Gasteiger partial charge in [0, 0.05) is 16.1 Å². The molecule has 12 heteroatoms. The number of rotatable bonds is 9.